The number of methoxy groups -OCH3 is 1. The van der Waals surface area contributed by atoms with E-state index in [1.165, 1.54) is 7.11 Å². The van der Waals surface area contributed by atoms with Crippen molar-refractivity contribution in [2.75, 3.05) is 33.4 Å². The molecule has 1 amide bonds. The molecule has 0 aromatic carbocycles. The van der Waals surface area contributed by atoms with Crippen LogP contribution in [0, 0.1) is 11.3 Å². The SMILES string of the molecule is CCOC1CC1C(=O)N1CCC(COC)(C(=O)O)C1. The highest BCUT2D eigenvalue weighted by Crippen LogP contribution is 2.39. The number of likely N-dealkylation sites (tertiary alicyclic amines) is 1. The molecule has 0 bridgehead atoms. The smallest absolute Gasteiger partial charge is 0.313 e. The van der Waals surface area contributed by atoms with Gasteiger partial charge in [0.1, 0.15) is 5.41 Å². The van der Waals surface area contributed by atoms with E-state index in [1.807, 2.05) is 6.92 Å². The summed E-state index contributed by atoms with van der Waals surface area (Å²) >= 11 is 0. The van der Waals surface area contributed by atoms with E-state index < -0.39 is 11.4 Å². The van der Waals surface area contributed by atoms with Crippen molar-refractivity contribution in [2.45, 2.75) is 25.9 Å². The Balaban J connectivity index is 1.94. The zero-order valence-electron chi connectivity index (χ0n) is 11.4. The molecule has 1 heterocycles. The fourth-order valence-electron chi connectivity index (χ4n) is 2.76. The molecule has 1 saturated carbocycles. The number of amides is 1. The maximum atomic E-state index is 12.2. The zero-order valence-corrected chi connectivity index (χ0v) is 11.4. The summed E-state index contributed by atoms with van der Waals surface area (Å²) in [5, 5.41) is 9.34. The van der Waals surface area contributed by atoms with Crippen LogP contribution in [0.4, 0.5) is 0 Å². The molecule has 1 aliphatic carbocycles. The molecule has 2 aliphatic rings. The van der Waals surface area contributed by atoms with Crippen LogP contribution in [-0.4, -0.2) is 61.4 Å². The molecule has 2 rings (SSSR count). The number of carboxylic acid groups (broad SMARTS) is 1. The highest BCUT2D eigenvalue weighted by atomic mass is 16.5. The van der Waals surface area contributed by atoms with Gasteiger partial charge in [0.05, 0.1) is 18.6 Å². The molecule has 1 N–H and O–H groups in total. The molecule has 3 unspecified atom stereocenters. The molecular weight excluding hydrogens is 250 g/mol. The average molecular weight is 271 g/mol. The fourth-order valence-corrected chi connectivity index (χ4v) is 2.76. The largest absolute Gasteiger partial charge is 0.481 e. The summed E-state index contributed by atoms with van der Waals surface area (Å²) in [7, 11) is 1.49. The lowest BCUT2D eigenvalue weighted by molar-refractivity contribution is -0.151. The first-order valence-corrected chi connectivity index (χ1v) is 6.67. The van der Waals surface area contributed by atoms with Crippen molar-refractivity contribution in [1.29, 1.82) is 0 Å². The Kier molecular flexibility index (Phi) is 4.10. The van der Waals surface area contributed by atoms with E-state index in [2.05, 4.69) is 0 Å². The number of carbonyl (C=O) groups excluding carboxylic acids is 1. The number of ether oxygens (including phenoxy) is 2. The molecule has 0 spiro atoms. The molecule has 0 aromatic heterocycles. The Labute approximate surface area is 112 Å². The lowest BCUT2D eigenvalue weighted by Crippen LogP contribution is -2.40. The van der Waals surface area contributed by atoms with Gasteiger partial charge >= 0.3 is 5.97 Å². The van der Waals surface area contributed by atoms with Crippen molar-refractivity contribution in [1.82, 2.24) is 4.90 Å². The van der Waals surface area contributed by atoms with E-state index in [-0.39, 0.29) is 31.1 Å². The van der Waals surface area contributed by atoms with Crippen molar-refractivity contribution in [3.05, 3.63) is 0 Å². The molecule has 3 atom stereocenters. The first-order chi connectivity index (χ1) is 9.04. The predicted octanol–water partition coefficient (Wildman–Crippen LogP) is 0.361. The third-order valence-corrected chi connectivity index (χ3v) is 3.97. The van der Waals surface area contributed by atoms with E-state index in [0.717, 1.165) is 6.42 Å². The molecular formula is C13H21NO5. The molecule has 108 valence electrons. The van der Waals surface area contributed by atoms with E-state index in [1.54, 1.807) is 4.90 Å². The molecule has 2 fully saturated rings. The number of carboxylic acids is 1. The summed E-state index contributed by atoms with van der Waals surface area (Å²) in [4.78, 5) is 25.3. The van der Waals surface area contributed by atoms with Gasteiger partial charge in [0, 0.05) is 26.8 Å². The molecule has 6 heteroatoms. The van der Waals surface area contributed by atoms with Crippen LogP contribution in [0.5, 0.6) is 0 Å². The molecule has 19 heavy (non-hydrogen) atoms. The number of nitrogens with zero attached hydrogens (tertiary/aromatic N) is 1. The quantitative estimate of drug-likeness (QED) is 0.755. The van der Waals surface area contributed by atoms with Crippen LogP contribution in [0.1, 0.15) is 19.8 Å². The van der Waals surface area contributed by atoms with E-state index in [4.69, 9.17) is 9.47 Å². The molecule has 0 aromatic rings. The van der Waals surface area contributed by atoms with Crippen LogP contribution in [0.2, 0.25) is 0 Å². The summed E-state index contributed by atoms with van der Waals surface area (Å²) in [5.41, 5.74) is -0.944. The van der Waals surface area contributed by atoms with Gasteiger partial charge in [-0.1, -0.05) is 0 Å². The van der Waals surface area contributed by atoms with E-state index in [0.29, 0.717) is 19.6 Å². The third-order valence-electron chi connectivity index (χ3n) is 3.97. The van der Waals surface area contributed by atoms with Gasteiger partial charge in [0.2, 0.25) is 5.91 Å². The van der Waals surface area contributed by atoms with Gasteiger partial charge in [0.15, 0.2) is 0 Å². The van der Waals surface area contributed by atoms with Gasteiger partial charge < -0.3 is 19.5 Å². The Bertz CT molecular complexity index is 372. The van der Waals surface area contributed by atoms with Gasteiger partial charge in [-0.2, -0.15) is 0 Å². The lowest BCUT2D eigenvalue weighted by Gasteiger charge is -2.23. The van der Waals surface area contributed by atoms with Crippen molar-refractivity contribution in [3.8, 4) is 0 Å². The lowest BCUT2D eigenvalue weighted by atomic mass is 9.88. The standard InChI is InChI=1S/C13H21NO5/c1-3-19-10-6-9(10)11(15)14-5-4-13(7-14,8-18-2)12(16)17/h9-10H,3-8H2,1-2H3,(H,16,17). The second kappa shape index (κ2) is 5.46. The molecule has 0 radical (unpaired) electrons. The van der Waals surface area contributed by atoms with Gasteiger partial charge in [-0.3, -0.25) is 9.59 Å². The monoisotopic (exact) mass is 271 g/mol. The van der Waals surface area contributed by atoms with Crippen LogP contribution in [0.3, 0.4) is 0 Å². The van der Waals surface area contributed by atoms with Gasteiger partial charge in [-0.05, 0) is 19.8 Å². The maximum Gasteiger partial charge on any atom is 0.313 e. The number of hydrogen-bond donors (Lipinski definition) is 1. The Morgan fingerprint density at radius 2 is 2.21 bits per heavy atom. The van der Waals surface area contributed by atoms with Crippen molar-refractivity contribution in [3.63, 3.8) is 0 Å². The number of rotatable bonds is 6. The second-order valence-electron chi connectivity index (χ2n) is 5.36. The average Bonchev–Trinajstić information content (AvgIpc) is 2.99. The molecule has 1 aliphatic heterocycles. The first kappa shape index (κ1) is 14.3. The summed E-state index contributed by atoms with van der Waals surface area (Å²) < 4.78 is 10.4. The summed E-state index contributed by atoms with van der Waals surface area (Å²) in [5.74, 6) is -0.938. The number of hydrogen-bond acceptors (Lipinski definition) is 4. The van der Waals surface area contributed by atoms with Crippen LogP contribution in [0.25, 0.3) is 0 Å². The summed E-state index contributed by atoms with van der Waals surface area (Å²) in [6.07, 6.45) is 1.24. The molecule has 1 saturated heterocycles. The first-order valence-electron chi connectivity index (χ1n) is 6.67. The minimum Gasteiger partial charge on any atom is -0.481 e. The van der Waals surface area contributed by atoms with E-state index in [9.17, 15) is 14.7 Å². The number of aliphatic carboxylic acids is 1. The van der Waals surface area contributed by atoms with Gasteiger partial charge in [-0.25, -0.2) is 0 Å². The normalized spacial score (nSPS) is 33.5. The van der Waals surface area contributed by atoms with Gasteiger partial charge in [0.25, 0.3) is 0 Å². The fraction of sp³-hybridized carbons (Fsp3) is 0.846. The van der Waals surface area contributed by atoms with Crippen LogP contribution >= 0.6 is 0 Å². The second-order valence-corrected chi connectivity index (χ2v) is 5.36. The Hall–Kier alpha value is -1.14. The van der Waals surface area contributed by atoms with E-state index >= 15 is 0 Å². The summed E-state index contributed by atoms with van der Waals surface area (Å²) in [6.45, 7) is 3.39. The Morgan fingerprint density at radius 3 is 2.79 bits per heavy atom. The van der Waals surface area contributed by atoms with Crippen molar-refractivity contribution < 1.29 is 24.2 Å². The van der Waals surface area contributed by atoms with Crippen molar-refractivity contribution >= 4 is 11.9 Å². The molecule has 6 nitrogen and oxygen atoms in total. The van der Waals surface area contributed by atoms with Crippen LogP contribution in [-0.2, 0) is 19.1 Å². The van der Waals surface area contributed by atoms with Crippen LogP contribution in [0.15, 0.2) is 0 Å². The minimum absolute atomic E-state index is 0.0256. The topological polar surface area (TPSA) is 76.1 Å². The highest BCUT2D eigenvalue weighted by molar-refractivity contribution is 5.84. The third kappa shape index (κ3) is 2.74. The van der Waals surface area contributed by atoms with Crippen molar-refractivity contribution in [2.24, 2.45) is 11.3 Å². The van der Waals surface area contributed by atoms with Gasteiger partial charge in [-0.15, -0.1) is 0 Å². The zero-order chi connectivity index (χ0) is 14.0. The minimum atomic E-state index is -0.944. The summed E-state index contributed by atoms with van der Waals surface area (Å²) in [6, 6.07) is 0. The highest BCUT2D eigenvalue weighted by Gasteiger charge is 2.51. The Morgan fingerprint density at radius 1 is 1.47 bits per heavy atom. The maximum absolute atomic E-state index is 12.2. The number of carbonyl (C=O) groups is 2. The van der Waals surface area contributed by atoms with Crippen LogP contribution < -0.4 is 0 Å². The predicted molar refractivity (Wildman–Crippen MR) is 66.7 cm³/mol.